The molecule has 2 aromatic heterocycles. The highest BCUT2D eigenvalue weighted by Gasteiger charge is 2.37. The summed E-state index contributed by atoms with van der Waals surface area (Å²) in [5, 5.41) is 4.37. The molecule has 0 unspecified atom stereocenters. The van der Waals surface area contributed by atoms with Crippen LogP contribution < -0.4 is 10.2 Å². The molecule has 2 amide bonds. The highest BCUT2D eigenvalue weighted by molar-refractivity contribution is 6.05. The van der Waals surface area contributed by atoms with Gasteiger partial charge in [0.2, 0.25) is 0 Å². The molecule has 0 atom stereocenters. The van der Waals surface area contributed by atoms with Crippen molar-refractivity contribution in [3.8, 4) is 22.4 Å². The van der Waals surface area contributed by atoms with Gasteiger partial charge in [0.1, 0.15) is 12.2 Å². The Kier molecular flexibility index (Phi) is 7.61. The Bertz CT molecular complexity index is 2090. The van der Waals surface area contributed by atoms with Gasteiger partial charge in [-0.3, -0.25) is 10.3 Å². The van der Waals surface area contributed by atoms with E-state index in [1.54, 1.807) is 44.0 Å². The normalized spacial score (nSPS) is 15.2. The molecule has 0 radical (unpaired) electrons. The Morgan fingerprint density at radius 3 is 2.40 bits per heavy atom. The number of hydrogen-bond acceptors (Lipinski definition) is 7. The van der Waals surface area contributed by atoms with Gasteiger partial charge in [-0.1, -0.05) is 30.3 Å². The number of fused-ring (bicyclic) bond motifs is 4. The number of piperazine rings is 1. The Morgan fingerprint density at radius 2 is 1.65 bits per heavy atom. The summed E-state index contributed by atoms with van der Waals surface area (Å²) in [4.78, 5) is 37.4. The lowest BCUT2D eigenvalue weighted by atomic mass is 9.96. The quantitative estimate of drug-likeness (QED) is 0.209. The number of carbonyl (C=O) groups is 2. The topological polar surface area (TPSA) is 96.9 Å². The number of aromatic nitrogens is 2. The molecule has 1 fully saturated rings. The van der Waals surface area contributed by atoms with Gasteiger partial charge in [-0.05, 0) is 62.7 Å². The summed E-state index contributed by atoms with van der Waals surface area (Å²) in [6, 6.07) is 19.5. The Balaban J connectivity index is 1.25. The van der Waals surface area contributed by atoms with E-state index in [0.29, 0.717) is 22.2 Å². The minimum Gasteiger partial charge on any atom is -0.444 e. The molecule has 1 N–H and O–H groups in total. The third kappa shape index (κ3) is 6.05. The van der Waals surface area contributed by atoms with Crippen LogP contribution in [0.15, 0.2) is 72.9 Å². The van der Waals surface area contributed by atoms with Gasteiger partial charge in [-0.25, -0.2) is 14.6 Å². The fraction of sp³-hybridized carbons (Fsp3) is 0.278. The van der Waals surface area contributed by atoms with Gasteiger partial charge in [0, 0.05) is 65.5 Å². The Morgan fingerprint density at radius 1 is 0.896 bits per heavy atom. The molecule has 0 saturated carbocycles. The van der Waals surface area contributed by atoms with Crippen LogP contribution in [0.1, 0.15) is 31.9 Å². The van der Waals surface area contributed by atoms with Gasteiger partial charge in [0.25, 0.3) is 0 Å². The van der Waals surface area contributed by atoms with Crippen LogP contribution in [-0.2, 0) is 22.3 Å². The van der Waals surface area contributed by atoms with E-state index >= 15 is 0 Å². The summed E-state index contributed by atoms with van der Waals surface area (Å²) < 4.78 is 54.6. The van der Waals surface area contributed by atoms with Gasteiger partial charge in [-0.2, -0.15) is 13.2 Å². The Labute approximate surface area is 274 Å². The maximum atomic E-state index is 14.6. The molecule has 0 bridgehead atoms. The van der Waals surface area contributed by atoms with Gasteiger partial charge in [0.15, 0.2) is 0 Å². The monoisotopic (exact) mass is 655 g/mol. The molecule has 1 saturated heterocycles. The van der Waals surface area contributed by atoms with Crippen molar-refractivity contribution in [3.63, 3.8) is 0 Å². The number of nitrogens with one attached hydrogen (secondary N) is 1. The lowest BCUT2D eigenvalue weighted by Gasteiger charge is -2.37. The fourth-order valence-electron chi connectivity index (χ4n) is 6.15. The predicted molar refractivity (Wildman–Crippen MR) is 177 cm³/mol. The first-order chi connectivity index (χ1) is 22.8. The van der Waals surface area contributed by atoms with Crippen LogP contribution in [0, 0.1) is 0 Å². The van der Waals surface area contributed by atoms with Crippen molar-refractivity contribution in [2.45, 2.75) is 39.2 Å². The van der Waals surface area contributed by atoms with E-state index in [2.05, 4.69) is 10.3 Å². The van der Waals surface area contributed by atoms with Crippen molar-refractivity contribution in [1.29, 1.82) is 0 Å². The number of alkyl halides is 3. The molecule has 9 nitrogen and oxygen atoms in total. The van der Waals surface area contributed by atoms with Crippen LogP contribution in [0.3, 0.4) is 0 Å². The summed E-state index contributed by atoms with van der Waals surface area (Å²) >= 11 is 0. The molecule has 4 heterocycles. The van der Waals surface area contributed by atoms with Crippen molar-refractivity contribution < 1.29 is 32.2 Å². The van der Waals surface area contributed by atoms with Gasteiger partial charge < -0.3 is 19.3 Å². The van der Waals surface area contributed by atoms with Crippen molar-refractivity contribution in [1.82, 2.24) is 14.9 Å². The van der Waals surface area contributed by atoms with E-state index in [4.69, 9.17) is 14.5 Å². The number of amides is 2. The maximum absolute atomic E-state index is 14.6. The van der Waals surface area contributed by atoms with Gasteiger partial charge >= 0.3 is 18.4 Å². The number of ether oxygens (including phenoxy) is 2. The lowest BCUT2D eigenvalue weighted by molar-refractivity contribution is -0.137. The molecule has 2 aliphatic rings. The third-order valence-corrected chi connectivity index (χ3v) is 8.43. The SMILES string of the molecule is CC(C)(C)OC(=O)N1CCN(c2ccc(-c3nc4ccc(-c5cnc6ccccc6c5)cc4c4c3COC(=O)N4)cc2C(F)(F)F)CC1. The van der Waals surface area contributed by atoms with Crippen LogP contribution in [-0.4, -0.2) is 58.8 Å². The van der Waals surface area contributed by atoms with Crippen molar-refractivity contribution in [2.75, 3.05) is 36.4 Å². The number of rotatable bonds is 3. The van der Waals surface area contributed by atoms with Crippen LogP contribution in [0.5, 0.6) is 0 Å². The zero-order chi connectivity index (χ0) is 33.8. The fourth-order valence-corrected chi connectivity index (χ4v) is 6.15. The molecule has 5 aromatic rings. The second kappa shape index (κ2) is 11.7. The molecule has 48 heavy (non-hydrogen) atoms. The summed E-state index contributed by atoms with van der Waals surface area (Å²) in [6.07, 6.45) is -4.04. The second-order valence-corrected chi connectivity index (χ2v) is 12.8. The lowest BCUT2D eigenvalue weighted by Crippen LogP contribution is -2.50. The number of halogens is 3. The number of para-hydroxylation sites is 1. The number of benzene rings is 3. The molecular formula is C36H32F3N5O4. The smallest absolute Gasteiger partial charge is 0.418 e. The second-order valence-electron chi connectivity index (χ2n) is 12.8. The minimum absolute atomic E-state index is 0.0166. The summed E-state index contributed by atoms with van der Waals surface area (Å²) in [5.41, 5.74) is 3.03. The predicted octanol–water partition coefficient (Wildman–Crippen LogP) is 8.26. The van der Waals surface area contributed by atoms with E-state index in [0.717, 1.165) is 28.1 Å². The van der Waals surface area contributed by atoms with E-state index < -0.39 is 29.5 Å². The minimum atomic E-state index is -4.67. The maximum Gasteiger partial charge on any atom is 0.418 e. The summed E-state index contributed by atoms with van der Waals surface area (Å²) in [7, 11) is 0. The first-order valence-corrected chi connectivity index (χ1v) is 15.5. The van der Waals surface area contributed by atoms with Gasteiger partial charge in [-0.15, -0.1) is 0 Å². The standard InChI is InChI=1S/C36H32F3N5O4/c1-35(2,3)48-34(46)44-14-12-43(13-15-44)30-11-9-23(18-27(30)36(37,38)39)31-26-20-47-33(45)42-32(26)25-17-21(8-10-29(25)41-31)24-16-22-6-4-5-7-28(22)40-19-24/h4-11,16-19H,12-15,20H2,1-3H3,(H,42,45). The van der Waals surface area contributed by atoms with Crippen molar-refractivity contribution in [2.24, 2.45) is 0 Å². The van der Waals surface area contributed by atoms with Crippen LogP contribution >= 0.6 is 0 Å². The molecule has 3 aromatic carbocycles. The summed E-state index contributed by atoms with van der Waals surface area (Å²) in [5.74, 6) is 0. The number of cyclic esters (lactones) is 1. The zero-order valence-corrected chi connectivity index (χ0v) is 26.5. The number of carbonyl (C=O) groups excluding carboxylic acids is 2. The largest absolute Gasteiger partial charge is 0.444 e. The van der Waals surface area contributed by atoms with Crippen LogP contribution in [0.2, 0.25) is 0 Å². The highest BCUT2D eigenvalue weighted by Crippen LogP contribution is 2.43. The van der Waals surface area contributed by atoms with Crippen molar-refractivity contribution >= 4 is 45.4 Å². The molecule has 7 rings (SSSR count). The zero-order valence-electron chi connectivity index (χ0n) is 26.5. The molecule has 246 valence electrons. The van der Waals surface area contributed by atoms with E-state index in [1.165, 1.54) is 11.0 Å². The van der Waals surface area contributed by atoms with Crippen molar-refractivity contribution in [3.05, 3.63) is 84.1 Å². The van der Waals surface area contributed by atoms with E-state index in [1.807, 2.05) is 42.5 Å². The summed E-state index contributed by atoms with van der Waals surface area (Å²) in [6.45, 7) is 6.00. The van der Waals surface area contributed by atoms with E-state index in [9.17, 15) is 22.8 Å². The highest BCUT2D eigenvalue weighted by atomic mass is 19.4. The average Bonchev–Trinajstić information content (AvgIpc) is 3.06. The van der Waals surface area contributed by atoms with Gasteiger partial charge in [0.05, 0.1) is 28.0 Å². The third-order valence-electron chi connectivity index (χ3n) is 8.43. The average molecular weight is 656 g/mol. The molecule has 0 spiro atoms. The number of nitrogens with zero attached hydrogens (tertiary/aromatic N) is 4. The first kappa shape index (κ1) is 31.2. The van der Waals surface area contributed by atoms with Crippen LogP contribution in [0.25, 0.3) is 44.2 Å². The molecule has 0 aliphatic carbocycles. The Hall–Kier alpha value is -5.39. The van der Waals surface area contributed by atoms with E-state index in [-0.39, 0.29) is 49.7 Å². The number of hydrogen-bond donors (Lipinski definition) is 1. The molecule has 2 aliphatic heterocycles. The molecular weight excluding hydrogens is 623 g/mol. The first-order valence-electron chi connectivity index (χ1n) is 15.5. The van der Waals surface area contributed by atoms with Crippen LogP contribution in [0.4, 0.5) is 34.1 Å². The molecule has 12 heteroatoms. The number of pyridine rings is 2. The number of anilines is 2.